The van der Waals surface area contributed by atoms with Crippen LogP contribution in [-0.4, -0.2) is 25.4 Å². The Morgan fingerprint density at radius 1 is 1.20 bits per heavy atom. The molecule has 0 aliphatic carbocycles. The Hall–Kier alpha value is -2.90. The molecule has 1 aliphatic heterocycles. The first kappa shape index (κ1) is 20.4. The number of hydrogen-bond acceptors (Lipinski definition) is 4. The van der Waals surface area contributed by atoms with E-state index in [0.29, 0.717) is 29.2 Å². The third-order valence-electron chi connectivity index (χ3n) is 5.04. The van der Waals surface area contributed by atoms with Gasteiger partial charge in [0.25, 0.3) is 15.9 Å². The molecule has 8 heteroatoms. The Kier molecular flexibility index (Phi) is 5.49. The van der Waals surface area contributed by atoms with E-state index in [1.165, 1.54) is 16.4 Å². The van der Waals surface area contributed by atoms with Crippen molar-refractivity contribution in [3.63, 3.8) is 0 Å². The summed E-state index contributed by atoms with van der Waals surface area (Å²) in [6.45, 7) is 2.23. The van der Waals surface area contributed by atoms with Gasteiger partial charge >= 0.3 is 0 Å². The molecule has 0 unspecified atom stereocenters. The summed E-state index contributed by atoms with van der Waals surface area (Å²) in [6.07, 6.45) is 3.91. The third-order valence-corrected chi connectivity index (χ3v) is 7.24. The summed E-state index contributed by atoms with van der Waals surface area (Å²) in [5, 5.41) is 3.34. The number of pyridine rings is 1. The number of sulfonamides is 1. The lowest BCUT2D eigenvalue weighted by Crippen LogP contribution is -2.35. The molecular weight excluding hydrogens is 422 g/mol. The Morgan fingerprint density at radius 3 is 2.67 bits per heavy atom. The zero-order chi connectivity index (χ0) is 21.3. The average Bonchev–Trinajstić information content (AvgIpc) is 3.08. The predicted molar refractivity (Wildman–Crippen MR) is 116 cm³/mol. The Bertz CT molecular complexity index is 1180. The van der Waals surface area contributed by atoms with Gasteiger partial charge < -0.3 is 5.32 Å². The monoisotopic (exact) mass is 441 g/mol. The molecule has 0 bridgehead atoms. The van der Waals surface area contributed by atoms with E-state index in [1.807, 2.05) is 19.1 Å². The van der Waals surface area contributed by atoms with E-state index in [1.54, 1.807) is 42.7 Å². The molecule has 0 radical (unpaired) electrons. The largest absolute Gasteiger partial charge is 0.348 e. The molecule has 1 atom stereocenters. The van der Waals surface area contributed by atoms with Crippen LogP contribution in [0.15, 0.2) is 71.9 Å². The van der Waals surface area contributed by atoms with Crippen molar-refractivity contribution in [2.24, 2.45) is 0 Å². The lowest BCUT2D eigenvalue weighted by molar-refractivity contribution is 0.0951. The molecule has 0 saturated carbocycles. The minimum atomic E-state index is -3.73. The molecule has 3 aromatic rings. The van der Waals surface area contributed by atoms with Crippen LogP contribution < -0.4 is 9.62 Å². The van der Waals surface area contributed by atoms with E-state index >= 15 is 0 Å². The molecule has 1 aliphatic rings. The van der Waals surface area contributed by atoms with Crippen LogP contribution in [0.3, 0.4) is 0 Å². The molecule has 2 heterocycles. The summed E-state index contributed by atoms with van der Waals surface area (Å²) in [7, 11) is -3.73. The molecular formula is C22H20ClN3O3S. The van der Waals surface area contributed by atoms with E-state index in [-0.39, 0.29) is 16.8 Å². The Balaban J connectivity index is 1.57. The van der Waals surface area contributed by atoms with Gasteiger partial charge in [0.2, 0.25) is 0 Å². The first-order chi connectivity index (χ1) is 14.4. The summed E-state index contributed by atoms with van der Waals surface area (Å²) < 4.78 is 27.8. The van der Waals surface area contributed by atoms with Crippen LogP contribution in [0.2, 0.25) is 5.02 Å². The van der Waals surface area contributed by atoms with Gasteiger partial charge in [-0.1, -0.05) is 17.7 Å². The number of aromatic nitrogens is 1. The molecule has 154 valence electrons. The van der Waals surface area contributed by atoms with Crippen molar-refractivity contribution in [1.82, 2.24) is 10.3 Å². The molecule has 1 amide bonds. The Labute approximate surface area is 180 Å². The molecule has 6 nitrogen and oxygen atoms in total. The molecule has 1 aromatic heterocycles. The van der Waals surface area contributed by atoms with Gasteiger partial charge in [0.15, 0.2) is 0 Å². The zero-order valence-electron chi connectivity index (χ0n) is 16.2. The van der Waals surface area contributed by atoms with E-state index in [4.69, 9.17) is 11.6 Å². The molecule has 0 fully saturated rings. The zero-order valence-corrected chi connectivity index (χ0v) is 17.8. The van der Waals surface area contributed by atoms with Crippen LogP contribution in [0.4, 0.5) is 5.69 Å². The standard InChI is InChI=1S/C22H20ClN3O3S/c1-15-11-18-12-17(22(27)25-14-16-3-2-10-24-13-16)4-9-21(18)26(15)30(28,29)20-7-5-19(23)6-8-20/h2-10,12-13,15H,11,14H2,1H3,(H,25,27)/t15-/m0/s1. The molecule has 0 spiro atoms. The van der Waals surface area contributed by atoms with E-state index < -0.39 is 10.0 Å². The second kappa shape index (κ2) is 8.08. The van der Waals surface area contributed by atoms with Crippen molar-refractivity contribution in [3.8, 4) is 0 Å². The predicted octanol–water partition coefficient (Wildman–Crippen LogP) is 3.80. The number of halogens is 1. The number of fused-ring (bicyclic) bond motifs is 1. The number of benzene rings is 2. The van der Waals surface area contributed by atoms with Crippen LogP contribution in [0.25, 0.3) is 0 Å². The van der Waals surface area contributed by atoms with Crippen LogP contribution >= 0.6 is 11.6 Å². The van der Waals surface area contributed by atoms with E-state index in [9.17, 15) is 13.2 Å². The van der Waals surface area contributed by atoms with Gasteiger partial charge in [0, 0.05) is 35.6 Å². The number of anilines is 1. The number of rotatable bonds is 5. The van der Waals surface area contributed by atoms with Gasteiger partial charge in [-0.2, -0.15) is 0 Å². The van der Waals surface area contributed by atoms with Gasteiger partial charge in [-0.3, -0.25) is 14.1 Å². The summed E-state index contributed by atoms with van der Waals surface area (Å²) >= 11 is 5.89. The topological polar surface area (TPSA) is 79.4 Å². The lowest BCUT2D eigenvalue weighted by Gasteiger charge is -2.24. The second-order valence-corrected chi connectivity index (χ2v) is 9.45. The van der Waals surface area contributed by atoms with Crippen LogP contribution in [0.1, 0.15) is 28.4 Å². The number of nitrogens with zero attached hydrogens (tertiary/aromatic N) is 2. The van der Waals surface area contributed by atoms with Crippen molar-refractivity contribution in [2.45, 2.75) is 30.8 Å². The highest BCUT2D eigenvalue weighted by Gasteiger charge is 2.36. The number of carbonyl (C=O) groups is 1. The summed E-state index contributed by atoms with van der Waals surface area (Å²) in [5.41, 5.74) is 2.83. The van der Waals surface area contributed by atoms with Crippen molar-refractivity contribution < 1.29 is 13.2 Å². The first-order valence-electron chi connectivity index (χ1n) is 9.46. The van der Waals surface area contributed by atoms with E-state index in [0.717, 1.165) is 11.1 Å². The van der Waals surface area contributed by atoms with E-state index in [2.05, 4.69) is 10.3 Å². The van der Waals surface area contributed by atoms with Gasteiger partial charge in [-0.15, -0.1) is 0 Å². The number of hydrogen-bond donors (Lipinski definition) is 1. The van der Waals surface area contributed by atoms with Crippen LogP contribution in [-0.2, 0) is 23.0 Å². The van der Waals surface area contributed by atoms with Crippen molar-refractivity contribution in [1.29, 1.82) is 0 Å². The highest BCUT2D eigenvalue weighted by Crippen LogP contribution is 2.37. The highest BCUT2D eigenvalue weighted by atomic mass is 35.5. The van der Waals surface area contributed by atoms with Gasteiger partial charge in [-0.25, -0.2) is 8.42 Å². The third kappa shape index (κ3) is 3.91. The average molecular weight is 442 g/mol. The lowest BCUT2D eigenvalue weighted by atomic mass is 10.1. The number of amides is 1. The smallest absolute Gasteiger partial charge is 0.264 e. The van der Waals surface area contributed by atoms with Crippen molar-refractivity contribution >= 4 is 33.2 Å². The van der Waals surface area contributed by atoms with Gasteiger partial charge in [-0.05, 0) is 73.0 Å². The fourth-order valence-corrected chi connectivity index (χ4v) is 5.44. The Morgan fingerprint density at radius 2 is 1.97 bits per heavy atom. The number of nitrogens with one attached hydrogen (secondary N) is 1. The summed E-state index contributed by atoms with van der Waals surface area (Å²) in [5.74, 6) is -0.215. The minimum absolute atomic E-state index is 0.185. The molecule has 4 rings (SSSR count). The molecule has 2 aromatic carbocycles. The maximum Gasteiger partial charge on any atom is 0.264 e. The highest BCUT2D eigenvalue weighted by molar-refractivity contribution is 7.92. The van der Waals surface area contributed by atoms with Crippen molar-refractivity contribution in [2.75, 3.05) is 4.31 Å². The number of carbonyl (C=O) groups excluding carboxylic acids is 1. The molecule has 30 heavy (non-hydrogen) atoms. The fraction of sp³-hybridized carbons (Fsp3) is 0.182. The van der Waals surface area contributed by atoms with Crippen molar-refractivity contribution in [3.05, 3.63) is 88.7 Å². The van der Waals surface area contributed by atoms with Gasteiger partial charge in [0.05, 0.1) is 10.6 Å². The normalized spacial score (nSPS) is 15.7. The summed E-state index contributed by atoms with van der Waals surface area (Å²) in [4.78, 5) is 16.8. The molecule has 0 saturated heterocycles. The maximum atomic E-state index is 13.2. The second-order valence-electron chi connectivity index (χ2n) is 7.20. The van der Waals surface area contributed by atoms with Crippen LogP contribution in [0.5, 0.6) is 0 Å². The first-order valence-corrected chi connectivity index (χ1v) is 11.3. The maximum absolute atomic E-state index is 13.2. The van der Waals surface area contributed by atoms with Crippen LogP contribution in [0, 0.1) is 0 Å². The van der Waals surface area contributed by atoms with Gasteiger partial charge in [0.1, 0.15) is 0 Å². The quantitative estimate of drug-likeness (QED) is 0.653. The molecule has 1 N–H and O–H groups in total. The minimum Gasteiger partial charge on any atom is -0.348 e. The SMILES string of the molecule is C[C@H]1Cc2cc(C(=O)NCc3cccnc3)ccc2N1S(=O)(=O)c1ccc(Cl)cc1. The fourth-order valence-electron chi connectivity index (χ4n) is 3.62. The summed E-state index contributed by atoms with van der Waals surface area (Å²) in [6, 6.07) is 14.7.